The highest BCUT2D eigenvalue weighted by molar-refractivity contribution is 7.89. The summed E-state index contributed by atoms with van der Waals surface area (Å²) in [4.78, 5) is 19.2. The molecule has 1 amide bonds. The molecule has 0 saturated heterocycles. The molecule has 0 atom stereocenters. The van der Waals surface area contributed by atoms with Gasteiger partial charge in [0.15, 0.2) is 0 Å². The number of aromatic amines is 1. The van der Waals surface area contributed by atoms with E-state index in [1.54, 1.807) is 24.5 Å². The summed E-state index contributed by atoms with van der Waals surface area (Å²) in [6, 6.07) is 8.19. The summed E-state index contributed by atoms with van der Waals surface area (Å²) in [5.41, 5.74) is 2.68. The lowest BCUT2D eigenvalue weighted by Crippen LogP contribution is -2.11. The number of pyridine rings is 1. The number of sulfonamides is 1. The maximum absolute atomic E-state index is 11.8. The van der Waals surface area contributed by atoms with Crippen molar-refractivity contribution >= 4 is 32.7 Å². The van der Waals surface area contributed by atoms with Crippen molar-refractivity contribution in [3.63, 3.8) is 0 Å². The van der Waals surface area contributed by atoms with Crippen LogP contribution in [0.4, 0.5) is 5.69 Å². The van der Waals surface area contributed by atoms with E-state index in [-0.39, 0.29) is 10.8 Å². The first kappa shape index (κ1) is 17.1. The highest BCUT2D eigenvalue weighted by Gasteiger charge is 2.12. The number of fused-ring (bicyclic) bond motifs is 1. The maximum Gasteiger partial charge on any atom is 0.238 e. The monoisotopic (exact) mass is 358 g/mol. The Bertz CT molecular complexity index is 1040. The minimum Gasteiger partial charge on any atom is -0.344 e. The maximum atomic E-state index is 11.8. The normalized spacial score (nSPS) is 11.6. The Morgan fingerprint density at radius 1 is 1.28 bits per heavy atom. The summed E-state index contributed by atoms with van der Waals surface area (Å²) in [7, 11) is -3.78. The zero-order chi connectivity index (χ0) is 18.0. The third kappa shape index (κ3) is 3.70. The Morgan fingerprint density at radius 2 is 2.08 bits per heavy atom. The van der Waals surface area contributed by atoms with E-state index in [0.29, 0.717) is 23.3 Å². The lowest BCUT2D eigenvalue weighted by atomic mass is 10.1. The minimum atomic E-state index is -3.78. The molecule has 0 saturated carbocycles. The van der Waals surface area contributed by atoms with Gasteiger partial charge < -0.3 is 10.3 Å². The number of carbonyl (C=O) groups is 1. The summed E-state index contributed by atoms with van der Waals surface area (Å²) in [5, 5.41) is 8.80. The Hall–Kier alpha value is -2.71. The van der Waals surface area contributed by atoms with Crippen LogP contribution in [0.15, 0.2) is 47.6 Å². The number of rotatable bonds is 5. The van der Waals surface area contributed by atoms with E-state index in [4.69, 9.17) is 5.14 Å². The van der Waals surface area contributed by atoms with Crippen molar-refractivity contribution in [2.75, 3.05) is 5.32 Å². The van der Waals surface area contributed by atoms with Crippen LogP contribution in [0.3, 0.4) is 0 Å². The van der Waals surface area contributed by atoms with Crippen molar-refractivity contribution in [3.05, 3.63) is 42.7 Å². The van der Waals surface area contributed by atoms with Gasteiger partial charge in [0, 0.05) is 29.8 Å². The predicted molar refractivity (Wildman–Crippen MR) is 96.4 cm³/mol. The molecule has 25 heavy (non-hydrogen) atoms. The smallest absolute Gasteiger partial charge is 0.238 e. The van der Waals surface area contributed by atoms with Crippen molar-refractivity contribution in [1.29, 1.82) is 0 Å². The second kappa shape index (κ2) is 6.66. The molecule has 130 valence electrons. The van der Waals surface area contributed by atoms with Gasteiger partial charge in [-0.25, -0.2) is 18.5 Å². The van der Waals surface area contributed by atoms with Gasteiger partial charge in [-0.15, -0.1) is 0 Å². The highest BCUT2D eigenvalue weighted by atomic mass is 32.2. The number of nitrogens with zero attached hydrogens (tertiary/aromatic N) is 1. The van der Waals surface area contributed by atoms with Gasteiger partial charge >= 0.3 is 0 Å². The van der Waals surface area contributed by atoms with Gasteiger partial charge in [-0.05, 0) is 30.2 Å². The Kier molecular flexibility index (Phi) is 4.56. The summed E-state index contributed by atoms with van der Waals surface area (Å²) in [6.45, 7) is 1.94. The Balaban J connectivity index is 2.02. The fourth-order valence-electron chi connectivity index (χ4n) is 2.56. The van der Waals surface area contributed by atoms with Crippen molar-refractivity contribution in [2.24, 2.45) is 5.14 Å². The van der Waals surface area contributed by atoms with E-state index in [0.717, 1.165) is 17.4 Å². The van der Waals surface area contributed by atoms with Gasteiger partial charge in [-0.1, -0.05) is 19.1 Å². The molecule has 0 bridgehead atoms. The van der Waals surface area contributed by atoms with Crippen LogP contribution in [0, 0.1) is 0 Å². The van der Waals surface area contributed by atoms with Gasteiger partial charge in [0.1, 0.15) is 5.65 Å². The van der Waals surface area contributed by atoms with Gasteiger partial charge in [0.25, 0.3) is 0 Å². The van der Waals surface area contributed by atoms with Crippen LogP contribution in [0.5, 0.6) is 0 Å². The molecule has 8 heteroatoms. The van der Waals surface area contributed by atoms with Crippen LogP contribution in [-0.4, -0.2) is 24.3 Å². The van der Waals surface area contributed by atoms with E-state index >= 15 is 0 Å². The third-order valence-electron chi connectivity index (χ3n) is 3.78. The molecule has 0 aliphatic rings. The average Bonchev–Trinajstić information content (AvgIpc) is 2.96. The quantitative estimate of drug-likeness (QED) is 0.649. The number of aromatic nitrogens is 2. The lowest BCUT2D eigenvalue weighted by molar-refractivity contribution is -0.116. The van der Waals surface area contributed by atoms with Gasteiger partial charge in [0.05, 0.1) is 10.6 Å². The summed E-state index contributed by atoms with van der Waals surface area (Å²) >= 11 is 0. The summed E-state index contributed by atoms with van der Waals surface area (Å²) < 4.78 is 23.1. The van der Waals surface area contributed by atoms with E-state index < -0.39 is 10.0 Å². The summed E-state index contributed by atoms with van der Waals surface area (Å²) in [6.07, 6.45) is 4.53. The number of anilines is 1. The molecular weight excluding hydrogens is 340 g/mol. The van der Waals surface area contributed by atoms with Crippen LogP contribution in [0.1, 0.15) is 19.8 Å². The van der Waals surface area contributed by atoms with E-state index in [1.807, 2.05) is 13.0 Å². The molecule has 0 aliphatic heterocycles. The molecular formula is C17H18N4O3S. The number of carbonyl (C=O) groups excluding carboxylic acids is 1. The molecule has 0 fully saturated rings. The minimum absolute atomic E-state index is 0.0376. The fourth-order valence-corrected chi connectivity index (χ4v) is 3.12. The van der Waals surface area contributed by atoms with Gasteiger partial charge in [0.2, 0.25) is 15.9 Å². The second-order valence-electron chi connectivity index (χ2n) is 5.69. The Labute approximate surface area is 145 Å². The second-order valence-corrected chi connectivity index (χ2v) is 7.25. The number of benzene rings is 1. The van der Waals surface area contributed by atoms with Crippen LogP contribution in [-0.2, 0) is 14.8 Å². The first-order valence-corrected chi connectivity index (χ1v) is 9.33. The topological polar surface area (TPSA) is 118 Å². The lowest BCUT2D eigenvalue weighted by Gasteiger charge is -2.06. The van der Waals surface area contributed by atoms with E-state index in [1.165, 1.54) is 12.1 Å². The van der Waals surface area contributed by atoms with Crippen molar-refractivity contribution in [1.82, 2.24) is 9.97 Å². The number of hydrogen-bond donors (Lipinski definition) is 3. The zero-order valence-corrected chi connectivity index (χ0v) is 14.4. The van der Waals surface area contributed by atoms with Crippen LogP contribution < -0.4 is 10.5 Å². The van der Waals surface area contributed by atoms with Gasteiger partial charge in [-0.3, -0.25) is 4.79 Å². The van der Waals surface area contributed by atoms with Gasteiger partial charge in [-0.2, -0.15) is 0 Å². The predicted octanol–water partition coefficient (Wildman–Crippen LogP) is 2.62. The van der Waals surface area contributed by atoms with Crippen molar-refractivity contribution < 1.29 is 13.2 Å². The molecule has 0 unspecified atom stereocenters. The average molecular weight is 358 g/mol. The molecule has 3 aromatic rings. The molecule has 2 aromatic heterocycles. The molecule has 0 spiro atoms. The van der Waals surface area contributed by atoms with E-state index in [2.05, 4.69) is 15.3 Å². The third-order valence-corrected chi connectivity index (χ3v) is 4.69. The van der Waals surface area contributed by atoms with Crippen molar-refractivity contribution in [3.8, 4) is 11.1 Å². The number of H-pyrrole nitrogens is 1. The van der Waals surface area contributed by atoms with E-state index in [9.17, 15) is 13.2 Å². The number of amides is 1. The van der Waals surface area contributed by atoms with Crippen LogP contribution in [0.25, 0.3) is 22.2 Å². The molecule has 1 aromatic carbocycles. The molecule has 7 nitrogen and oxygen atoms in total. The highest BCUT2D eigenvalue weighted by Crippen LogP contribution is 2.28. The number of hydrogen-bond acceptors (Lipinski definition) is 4. The molecule has 4 N–H and O–H groups in total. The van der Waals surface area contributed by atoms with Crippen molar-refractivity contribution in [2.45, 2.75) is 24.7 Å². The summed E-state index contributed by atoms with van der Waals surface area (Å²) in [5.74, 6) is -0.0648. The number of nitrogens with one attached hydrogen (secondary N) is 2. The fraction of sp³-hybridized carbons (Fsp3) is 0.176. The molecule has 3 rings (SSSR count). The molecule has 0 aliphatic carbocycles. The standard InChI is InChI=1S/C17H18N4O3S/c1-2-4-16(22)21-15-10-20-17-14(15)8-12(9-19-17)11-5-3-6-13(7-11)25(18,23)24/h3,5-10H,2,4H2,1H3,(H,19,20)(H,21,22)(H2,18,23,24). The Morgan fingerprint density at radius 3 is 2.80 bits per heavy atom. The van der Waals surface area contributed by atoms with Crippen LogP contribution in [0.2, 0.25) is 0 Å². The first-order chi connectivity index (χ1) is 11.9. The first-order valence-electron chi connectivity index (χ1n) is 7.78. The number of primary sulfonamides is 1. The largest absolute Gasteiger partial charge is 0.344 e. The molecule has 2 heterocycles. The van der Waals surface area contributed by atoms with Crippen LogP contribution >= 0.6 is 0 Å². The number of nitrogens with two attached hydrogens (primary N) is 1. The SMILES string of the molecule is CCCC(=O)Nc1c[nH]c2ncc(-c3cccc(S(N)(=O)=O)c3)cc12. The zero-order valence-electron chi connectivity index (χ0n) is 13.6. The molecule has 0 radical (unpaired) electrons.